The molecule has 3 aromatic carbocycles. The number of hydroxylamine groups is 3. The smallest absolute Gasteiger partial charge is 0.339 e. The Bertz CT molecular complexity index is 2130. The van der Waals surface area contributed by atoms with Gasteiger partial charge in [0.1, 0.15) is 17.7 Å². The Hall–Kier alpha value is -5.41. The third kappa shape index (κ3) is 6.62. The summed E-state index contributed by atoms with van der Waals surface area (Å²) in [4.78, 5) is 33.4. The maximum absolute atomic E-state index is 14.3. The average Bonchev–Trinajstić information content (AvgIpc) is 3.89. The average molecular weight is 631 g/mol. The summed E-state index contributed by atoms with van der Waals surface area (Å²) in [6.07, 6.45) is 6.42. The van der Waals surface area contributed by atoms with E-state index in [1.54, 1.807) is 44.4 Å². The second-order valence-corrected chi connectivity index (χ2v) is 12.2. The fourth-order valence-electron chi connectivity index (χ4n) is 5.64. The number of quaternary nitrogens is 1. The lowest BCUT2D eigenvalue weighted by atomic mass is 10.1. The number of hydrogen-bond donors (Lipinski definition) is 1. The van der Waals surface area contributed by atoms with Crippen molar-refractivity contribution in [2.45, 2.75) is 39.3 Å². The van der Waals surface area contributed by atoms with Crippen molar-refractivity contribution in [1.82, 2.24) is 9.13 Å². The van der Waals surface area contributed by atoms with Gasteiger partial charge in [-0.15, -0.1) is 0 Å². The normalized spacial score (nSPS) is 15.4. The highest BCUT2D eigenvalue weighted by Gasteiger charge is 2.34. The Balaban J connectivity index is 1.33. The van der Waals surface area contributed by atoms with Gasteiger partial charge in [0, 0.05) is 37.2 Å². The third-order valence-corrected chi connectivity index (χ3v) is 8.59. The van der Waals surface area contributed by atoms with E-state index in [2.05, 4.69) is 16.8 Å². The van der Waals surface area contributed by atoms with Crippen LogP contribution in [0, 0.1) is 12.1 Å². The number of carbonyl (C=O) groups is 1. The first-order valence-corrected chi connectivity index (χ1v) is 15.6. The molecule has 1 atom stereocenters. The number of ether oxygens (including phenoxy) is 1. The van der Waals surface area contributed by atoms with E-state index in [1.165, 1.54) is 26.3 Å². The van der Waals surface area contributed by atoms with E-state index in [4.69, 9.17) is 10.5 Å². The zero-order chi connectivity index (χ0) is 33.3. The van der Waals surface area contributed by atoms with Gasteiger partial charge in [-0.3, -0.25) is 9.36 Å². The Morgan fingerprint density at radius 1 is 1.09 bits per heavy atom. The number of likely N-dealkylation sites (N-methyl/N-ethyl adjacent to an activating group) is 2. The van der Waals surface area contributed by atoms with Gasteiger partial charge in [-0.05, 0) is 68.0 Å². The molecule has 0 bridgehead atoms. The summed E-state index contributed by atoms with van der Waals surface area (Å²) in [5.74, 6) is 0.380. The van der Waals surface area contributed by atoms with Gasteiger partial charge in [0.05, 0.1) is 42.9 Å². The standard InChI is InChI=1S/C37H38N6O4/c1-25-8-5-9-27(22-25)24-47-32-17-13-28(14-18-32)41-35-34(38)26(2)19-20-39-36(35)42(37(41)45)30-11-6-10-29(23-30)40(3)33(44)12-7-21-43(4,46)31-15-16-31/h5-14,17-18,20,22-23,31H,15-16,21,24,38H2,1-4H3/b12-7+. The van der Waals surface area contributed by atoms with Crippen molar-refractivity contribution in [2.75, 3.05) is 25.5 Å². The minimum atomic E-state index is -0.378. The summed E-state index contributed by atoms with van der Waals surface area (Å²) >= 11 is 0. The Morgan fingerprint density at radius 3 is 2.55 bits per heavy atom. The number of hydrogen-bond acceptors (Lipinski definition) is 6. The van der Waals surface area contributed by atoms with Crippen molar-refractivity contribution in [2.24, 2.45) is 10.7 Å². The van der Waals surface area contributed by atoms with Crippen LogP contribution in [-0.4, -0.2) is 46.4 Å². The lowest BCUT2D eigenvalue weighted by Gasteiger charge is -2.38. The number of rotatable bonds is 10. The molecule has 47 heavy (non-hydrogen) atoms. The van der Waals surface area contributed by atoms with Gasteiger partial charge < -0.3 is 25.2 Å². The molecule has 10 nitrogen and oxygen atoms in total. The van der Waals surface area contributed by atoms with E-state index in [0.29, 0.717) is 51.5 Å². The molecule has 2 heterocycles. The van der Waals surface area contributed by atoms with Crippen molar-refractivity contribution >= 4 is 17.3 Å². The highest BCUT2D eigenvalue weighted by molar-refractivity contribution is 6.01. The zero-order valence-electron chi connectivity index (χ0n) is 27.0. The van der Waals surface area contributed by atoms with Gasteiger partial charge in [-0.25, -0.2) is 14.4 Å². The van der Waals surface area contributed by atoms with Crippen LogP contribution in [0.15, 0.2) is 112 Å². The fourth-order valence-corrected chi connectivity index (χ4v) is 5.64. The number of nitrogens with two attached hydrogens (primary N) is 1. The van der Waals surface area contributed by atoms with Crippen LogP contribution in [0.2, 0.25) is 0 Å². The summed E-state index contributed by atoms with van der Waals surface area (Å²) in [7, 11) is 3.30. The van der Waals surface area contributed by atoms with E-state index < -0.39 is 0 Å². The number of aromatic nitrogens is 2. The highest BCUT2D eigenvalue weighted by Crippen LogP contribution is 2.31. The largest absolute Gasteiger partial charge is 0.633 e. The number of carbonyl (C=O) groups excluding carboxylic acids is 1. The first kappa shape index (κ1) is 31.6. The number of amides is 1. The van der Waals surface area contributed by atoms with Gasteiger partial charge in [-0.1, -0.05) is 41.6 Å². The monoisotopic (exact) mass is 630 g/mol. The van der Waals surface area contributed by atoms with Gasteiger partial charge >= 0.3 is 5.69 Å². The fraction of sp³-hybridized carbons (Fsp3) is 0.243. The maximum Gasteiger partial charge on any atom is 0.339 e. The second-order valence-electron chi connectivity index (χ2n) is 12.2. The summed E-state index contributed by atoms with van der Waals surface area (Å²) in [5.41, 5.74) is 14.6. The van der Waals surface area contributed by atoms with Gasteiger partial charge in [0.15, 0.2) is 5.49 Å². The maximum atomic E-state index is 14.3. The van der Waals surface area contributed by atoms with E-state index in [0.717, 1.165) is 24.0 Å². The van der Waals surface area contributed by atoms with Crippen molar-refractivity contribution in [3.63, 3.8) is 0 Å². The molecule has 1 aliphatic carbocycles. The summed E-state index contributed by atoms with van der Waals surface area (Å²) < 4.78 is 8.65. The van der Waals surface area contributed by atoms with E-state index >= 15 is 0 Å². The molecule has 4 aromatic rings. The van der Waals surface area contributed by atoms with Gasteiger partial charge in [-0.2, -0.15) is 0 Å². The molecule has 1 aromatic heterocycles. The lowest BCUT2D eigenvalue weighted by Crippen LogP contribution is -2.40. The van der Waals surface area contributed by atoms with Crippen molar-refractivity contribution in [1.29, 1.82) is 0 Å². The lowest BCUT2D eigenvalue weighted by molar-refractivity contribution is -0.865. The summed E-state index contributed by atoms with van der Waals surface area (Å²) in [5, 5.41) is 13.1. The van der Waals surface area contributed by atoms with Crippen LogP contribution in [0.4, 0.5) is 5.69 Å². The molecule has 0 saturated heterocycles. The molecule has 10 heteroatoms. The predicted octanol–water partition coefficient (Wildman–Crippen LogP) is 3.90. The van der Waals surface area contributed by atoms with Crippen LogP contribution < -0.4 is 31.9 Å². The van der Waals surface area contributed by atoms with E-state index in [-0.39, 0.29) is 28.8 Å². The molecule has 1 fully saturated rings. The quantitative estimate of drug-likeness (QED) is 0.123. The van der Waals surface area contributed by atoms with E-state index in [9.17, 15) is 14.8 Å². The minimum Gasteiger partial charge on any atom is -0.633 e. The minimum absolute atomic E-state index is 0.116. The van der Waals surface area contributed by atoms with Gasteiger partial charge in [0.2, 0.25) is 0 Å². The molecule has 2 aliphatic rings. The molecule has 1 amide bonds. The van der Waals surface area contributed by atoms with Crippen molar-refractivity contribution < 1.29 is 14.2 Å². The number of nitrogens with zero attached hydrogens (tertiary/aromatic N) is 5. The molecular weight excluding hydrogens is 592 g/mol. The number of imidazole rings is 1. The molecule has 240 valence electrons. The second kappa shape index (κ2) is 12.8. The zero-order valence-corrected chi connectivity index (χ0v) is 27.0. The predicted molar refractivity (Wildman–Crippen MR) is 183 cm³/mol. The van der Waals surface area contributed by atoms with Crippen LogP contribution in [0.1, 0.15) is 30.9 Å². The summed E-state index contributed by atoms with van der Waals surface area (Å²) in [6, 6.07) is 22.6. The molecule has 1 aliphatic heterocycles. The number of anilines is 1. The van der Waals surface area contributed by atoms with Crippen molar-refractivity contribution in [3.8, 4) is 17.1 Å². The first-order chi connectivity index (χ1) is 22.5. The van der Waals surface area contributed by atoms with Crippen LogP contribution in [0.5, 0.6) is 5.75 Å². The van der Waals surface area contributed by atoms with Crippen LogP contribution in [0.25, 0.3) is 17.1 Å². The van der Waals surface area contributed by atoms with Gasteiger partial charge in [0.25, 0.3) is 5.91 Å². The van der Waals surface area contributed by atoms with Crippen LogP contribution in [0.3, 0.4) is 0 Å². The van der Waals surface area contributed by atoms with Crippen LogP contribution >= 0.6 is 0 Å². The van der Waals surface area contributed by atoms with Crippen molar-refractivity contribution in [3.05, 3.63) is 140 Å². The molecule has 1 unspecified atom stereocenters. The highest BCUT2D eigenvalue weighted by atomic mass is 16.5. The number of fused-ring (bicyclic) bond motifs is 1. The SMILES string of the molecule is CC1=C=CN=c2c(n(-c3ccc(OCc4cccc(C)c4)cc3)c(=O)n2-c2cccc(N(C)C(=O)/C=C/C[N+](C)([O-])C3CC3)c2)=C1N. The Labute approximate surface area is 273 Å². The first-order valence-electron chi connectivity index (χ1n) is 15.6. The number of benzene rings is 3. The number of aryl methyl sites for hydroxylation is 1. The molecule has 1 saturated carbocycles. The van der Waals surface area contributed by atoms with Crippen LogP contribution in [-0.2, 0) is 11.4 Å². The molecule has 2 N–H and O–H groups in total. The molecule has 6 rings (SSSR count). The summed E-state index contributed by atoms with van der Waals surface area (Å²) in [6.45, 7) is 4.51. The third-order valence-electron chi connectivity index (χ3n) is 8.59. The molecule has 0 radical (unpaired) electrons. The topological polar surface area (TPSA) is 118 Å². The van der Waals surface area contributed by atoms with E-state index in [1.807, 2.05) is 56.3 Å². The Morgan fingerprint density at radius 2 is 1.83 bits per heavy atom. The molecular formula is C37H38N6O4. The Kier molecular flexibility index (Phi) is 8.58. The molecule has 0 spiro atoms.